The molecule has 49 heavy (non-hydrogen) atoms. The molecule has 3 aromatic heterocycles. The average molecular weight is 671 g/mol. The molecule has 2 aromatic carbocycles. The Hall–Kier alpha value is -5.47. The number of aromatic nitrogens is 4. The van der Waals surface area contributed by atoms with Crippen molar-refractivity contribution in [2.45, 2.75) is 19.4 Å². The van der Waals surface area contributed by atoms with Crippen molar-refractivity contribution in [3.63, 3.8) is 0 Å². The Morgan fingerprint density at radius 2 is 1.86 bits per heavy atom. The summed E-state index contributed by atoms with van der Waals surface area (Å²) in [6.07, 6.45) is 4.39. The topological polar surface area (TPSA) is 147 Å². The number of benzene rings is 2. The minimum Gasteiger partial charge on any atom is -0.462 e. The van der Waals surface area contributed by atoms with Crippen molar-refractivity contribution in [1.29, 1.82) is 0 Å². The van der Waals surface area contributed by atoms with Gasteiger partial charge in [-0.25, -0.2) is 18.5 Å². The number of halogens is 1. The lowest BCUT2D eigenvalue weighted by Crippen LogP contribution is -2.44. The maximum Gasteiger partial charge on any atom is 0.335 e. The van der Waals surface area contributed by atoms with Crippen LogP contribution in [0.5, 0.6) is 0 Å². The van der Waals surface area contributed by atoms with Crippen LogP contribution in [0.4, 0.5) is 10.1 Å². The van der Waals surface area contributed by atoms with Gasteiger partial charge in [0.15, 0.2) is 0 Å². The van der Waals surface area contributed by atoms with E-state index >= 15 is 4.39 Å². The maximum atomic E-state index is 15.5. The summed E-state index contributed by atoms with van der Waals surface area (Å²) in [5.74, 6) is -2.25. The van der Waals surface area contributed by atoms with E-state index in [-0.39, 0.29) is 30.9 Å². The van der Waals surface area contributed by atoms with Crippen LogP contribution in [0.3, 0.4) is 0 Å². The summed E-state index contributed by atoms with van der Waals surface area (Å²) in [6, 6.07) is 10.0. The Kier molecular flexibility index (Phi) is 9.78. The van der Waals surface area contributed by atoms with E-state index in [9.17, 15) is 19.2 Å². The molecule has 13 nitrogen and oxygen atoms in total. The quantitative estimate of drug-likeness (QED) is 0.174. The van der Waals surface area contributed by atoms with Gasteiger partial charge in [-0.05, 0) is 48.4 Å². The highest BCUT2D eigenvalue weighted by Gasteiger charge is 2.28. The molecule has 1 unspecified atom stereocenters. The Labute approximate surface area is 279 Å². The molecule has 0 bridgehead atoms. The number of esters is 1. The SMILES string of the molecule is COCCOC(=O)C(Cc1ccc(-n2c(=O)c3ccncc3n(C)c2=O)c2ncccc12)NC(=O)c1c(C)cc(N2CCOCC2)cc1F. The van der Waals surface area contributed by atoms with E-state index in [0.717, 1.165) is 4.57 Å². The van der Waals surface area contributed by atoms with Crippen LogP contribution in [0.2, 0.25) is 0 Å². The minimum absolute atomic E-state index is 0.0612. The molecular weight excluding hydrogens is 635 g/mol. The number of hydrogen-bond acceptors (Lipinski definition) is 10. The van der Waals surface area contributed by atoms with Crippen molar-refractivity contribution in [2.75, 3.05) is 51.5 Å². The van der Waals surface area contributed by atoms with Crippen molar-refractivity contribution in [1.82, 2.24) is 24.4 Å². The van der Waals surface area contributed by atoms with Crippen LogP contribution in [0.15, 0.2) is 70.6 Å². The molecule has 254 valence electrons. The number of carbonyl (C=O) groups excluding carboxylic acids is 2. The number of methoxy groups -OCH3 is 1. The summed E-state index contributed by atoms with van der Waals surface area (Å²) in [4.78, 5) is 64.6. The molecule has 0 spiro atoms. The summed E-state index contributed by atoms with van der Waals surface area (Å²) in [5.41, 5.74) is 1.25. The molecule has 0 radical (unpaired) electrons. The van der Waals surface area contributed by atoms with E-state index in [1.54, 1.807) is 50.4 Å². The summed E-state index contributed by atoms with van der Waals surface area (Å²) in [7, 11) is 3.01. The monoisotopic (exact) mass is 670 g/mol. The lowest BCUT2D eigenvalue weighted by molar-refractivity contribution is -0.147. The molecular formula is C35H35FN6O7. The van der Waals surface area contributed by atoms with E-state index < -0.39 is 35.0 Å². The van der Waals surface area contributed by atoms with E-state index in [2.05, 4.69) is 15.3 Å². The number of aryl methyl sites for hydroxylation is 2. The molecule has 1 aliphatic rings. The molecule has 1 fully saturated rings. The molecule has 4 heterocycles. The first kappa shape index (κ1) is 33.4. The van der Waals surface area contributed by atoms with Gasteiger partial charge in [-0.15, -0.1) is 0 Å². The fraction of sp³-hybridized carbons (Fsp3) is 0.314. The van der Waals surface area contributed by atoms with Crippen LogP contribution in [0.25, 0.3) is 27.5 Å². The van der Waals surface area contributed by atoms with Crippen LogP contribution in [-0.2, 0) is 32.5 Å². The number of nitrogens with one attached hydrogen (secondary N) is 1. The Balaban J connectivity index is 1.36. The fourth-order valence-electron chi connectivity index (χ4n) is 6.07. The van der Waals surface area contributed by atoms with Crippen molar-refractivity contribution < 1.29 is 28.2 Å². The molecule has 1 N–H and O–H groups in total. The van der Waals surface area contributed by atoms with Gasteiger partial charge in [-0.3, -0.25) is 24.1 Å². The van der Waals surface area contributed by atoms with Gasteiger partial charge in [0.05, 0.1) is 53.7 Å². The van der Waals surface area contributed by atoms with Crippen molar-refractivity contribution in [3.8, 4) is 5.69 Å². The highest BCUT2D eigenvalue weighted by atomic mass is 19.1. The van der Waals surface area contributed by atoms with Gasteiger partial charge in [0, 0.05) is 57.1 Å². The first-order chi connectivity index (χ1) is 23.7. The number of hydrogen-bond donors (Lipinski definition) is 1. The molecule has 1 atom stereocenters. The molecule has 1 aliphatic heterocycles. The van der Waals surface area contributed by atoms with E-state index in [1.807, 2.05) is 4.90 Å². The number of anilines is 1. The van der Waals surface area contributed by atoms with Gasteiger partial charge in [0.2, 0.25) is 0 Å². The van der Waals surface area contributed by atoms with Crippen molar-refractivity contribution >= 4 is 39.4 Å². The summed E-state index contributed by atoms with van der Waals surface area (Å²) >= 11 is 0. The molecule has 0 aliphatic carbocycles. The van der Waals surface area contributed by atoms with Crippen LogP contribution in [0, 0.1) is 12.7 Å². The normalized spacial score (nSPS) is 13.8. The zero-order valence-electron chi connectivity index (χ0n) is 27.3. The molecule has 5 aromatic rings. The average Bonchev–Trinajstić information content (AvgIpc) is 3.11. The highest BCUT2D eigenvalue weighted by molar-refractivity contribution is 5.99. The van der Waals surface area contributed by atoms with Crippen LogP contribution in [0.1, 0.15) is 21.5 Å². The third-order valence-corrected chi connectivity index (χ3v) is 8.57. The van der Waals surface area contributed by atoms with Crippen LogP contribution in [-0.4, -0.2) is 83.6 Å². The Bertz CT molecular complexity index is 2150. The van der Waals surface area contributed by atoms with E-state index in [4.69, 9.17) is 14.2 Å². The third-order valence-electron chi connectivity index (χ3n) is 8.57. The lowest BCUT2D eigenvalue weighted by Gasteiger charge is -2.29. The summed E-state index contributed by atoms with van der Waals surface area (Å²) < 4.78 is 33.7. The molecule has 14 heteroatoms. The predicted molar refractivity (Wildman–Crippen MR) is 180 cm³/mol. The van der Waals surface area contributed by atoms with Gasteiger partial charge in [-0.1, -0.05) is 12.1 Å². The number of carbonyl (C=O) groups is 2. The van der Waals surface area contributed by atoms with Gasteiger partial charge in [-0.2, -0.15) is 0 Å². The molecule has 0 saturated carbocycles. The number of pyridine rings is 2. The highest BCUT2D eigenvalue weighted by Crippen LogP contribution is 2.26. The second kappa shape index (κ2) is 14.3. The maximum absolute atomic E-state index is 15.5. The summed E-state index contributed by atoms with van der Waals surface area (Å²) in [5, 5.41) is 3.51. The van der Waals surface area contributed by atoms with Gasteiger partial charge in [0.1, 0.15) is 18.5 Å². The fourth-order valence-corrected chi connectivity index (χ4v) is 6.07. The number of morpholine rings is 1. The largest absolute Gasteiger partial charge is 0.462 e. The predicted octanol–water partition coefficient (Wildman–Crippen LogP) is 2.45. The number of ether oxygens (including phenoxy) is 3. The minimum atomic E-state index is -1.24. The standard InChI is InChI=1S/C35H35FN6O7/c1-21-17-23(41-11-13-48-14-12-41)19-26(36)30(21)32(43)39-27(34(45)49-16-15-47-3)18-22-6-7-28(31-24(22)5-4-9-38-31)42-33(44)25-8-10-37-20-29(25)40(2)35(42)46/h4-10,17,19-20,27H,11-16,18H2,1-3H3,(H,39,43). The van der Waals surface area contributed by atoms with Gasteiger partial charge in [0.25, 0.3) is 11.5 Å². The molecule has 1 amide bonds. The van der Waals surface area contributed by atoms with Crippen molar-refractivity contribution in [3.05, 3.63) is 104 Å². The first-order valence-electron chi connectivity index (χ1n) is 15.7. The van der Waals surface area contributed by atoms with Gasteiger partial charge < -0.3 is 24.4 Å². The number of fused-ring (bicyclic) bond motifs is 2. The molecule has 6 rings (SSSR count). The molecule has 1 saturated heterocycles. The number of amides is 1. The van der Waals surface area contributed by atoms with E-state index in [1.165, 1.54) is 36.3 Å². The second-order valence-electron chi connectivity index (χ2n) is 11.6. The summed E-state index contributed by atoms with van der Waals surface area (Å²) in [6.45, 7) is 3.96. The van der Waals surface area contributed by atoms with Crippen molar-refractivity contribution in [2.24, 2.45) is 7.05 Å². The second-order valence-corrected chi connectivity index (χ2v) is 11.6. The van der Waals surface area contributed by atoms with E-state index in [0.29, 0.717) is 64.9 Å². The third kappa shape index (κ3) is 6.65. The number of rotatable bonds is 10. The van der Waals surface area contributed by atoms with Crippen LogP contribution < -0.4 is 21.5 Å². The zero-order chi connectivity index (χ0) is 34.7. The van der Waals surface area contributed by atoms with Crippen LogP contribution >= 0.6 is 0 Å². The van der Waals surface area contributed by atoms with Gasteiger partial charge >= 0.3 is 11.7 Å². The first-order valence-corrected chi connectivity index (χ1v) is 15.7. The number of nitrogens with zero attached hydrogens (tertiary/aromatic N) is 5. The Morgan fingerprint density at radius 1 is 1.06 bits per heavy atom. The lowest BCUT2D eigenvalue weighted by atomic mass is 9.99. The Morgan fingerprint density at radius 3 is 2.61 bits per heavy atom. The zero-order valence-corrected chi connectivity index (χ0v) is 27.3. The smallest absolute Gasteiger partial charge is 0.335 e.